The van der Waals surface area contributed by atoms with E-state index in [1.165, 1.54) is 0 Å². The van der Waals surface area contributed by atoms with Gasteiger partial charge in [0.15, 0.2) is 12.6 Å². The van der Waals surface area contributed by atoms with Crippen LogP contribution in [-0.2, 0) is 18.9 Å². The molecule has 2 aliphatic heterocycles. The predicted molar refractivity (Wildman–Crippen MR) is 120 cm³/mol. The van der Waals surface area contributed by atoms with Crippen LogP contribution in [-0.4, -0.2) is 115 Å². The fraction of sp³-hybridized carbons (Fsp3) is 1.00. The first-order valence-corrected chi connectivity index (χ1v) is 11.8. The summed E-state index contributed by atoms with van der Waals surface area (Å²) in [6.45, 7) is 3.93. The van der Waals surface area contributed by atoms with E-state index in [2.05, 4.69) is 10.6 Å². The molecule has 1 aliphatic carbocycles. The topological polar surface area (TPSA) is 200 Å². The number of ether oxygens (including phenoxy) is 4. The van der Waals surface area contributed by atoms with Crippen LogP contribution in [0.2, 0.25) is 0 Å². The lowest BCUT2D eigenvalue weighted by atomic mass is 9.84. The molecule has 12 heteroatoms. The van der Waals surface area contributed by atoms with Crippen molar-refractivity contribution in [1.82, 2.24) is 10.6 Å². The van der Waals surface area contributed by atoms with Crippen LogP contribution in [0.15, 0.2) is 0 Å². The van der Waals surface area contributed by atoms with Gasteiger partial charge in [-0.25, -0.2) is 0 Å². The van der Waals surface area contributed by atoms with Crippen molar-refractivity contribution in [1.29, 1.82) is 0 Å². The first kappa shape index (κ1) is 27.1. The molecule has 0 aromatic rings. The quantitative estimate of drug-likeness (QED) is 0.182. The number of hydrogen-bond donors (Lipinski definition) is 8. The molecule has 0 radical (unpaired) electrons. The van der Waals surface area contributed by atoms with Gasteiger partial charge in [0.05, 0.1) is 30.9 Å². The Morgan fingerprint density at radius 1 is 0.970 bits per heavy atom. The van der Waals surface area contributed by atoms with Gasteiger partial charge in [-0.2, -0.15) is 0 Å². The van der Waals surface area contributed by atoms with Gasteiger partial charge in [-0.15, -0.1) is 0 Å². The lowest BCUT2D eigenvalue weighted by molar-refractivity contribution is -0.332. The minimum atomic E-state index is -1.29. The van der Waals surface area contributed by atoms with Crippen LogP contribution in [0.4, 0.5) is 0 Å². The molecule has 0 spiro atoms. The largest absolute Gasteiger partial charge is 0.389 e. The summed E-state index contributed by atoms with van der Waals surface area (Å²) in [5.74, 6) is 0. The number of likely N-dealkylation sites (N-methyl/N-ethyl adjacent to an activating group) is 2. The number of nitrogens with one attached hydrogen (secondary N) is 2. The molecule has 13 atom stereocenters. The first-order chi connectivity index (χ1) is 15.5. The molecule has 3 aliphatic rings. The smallest absolute Gasteiger partial charge is 0.185 e. The Hall–Kier alpha value is -0.480. The van der Waals surface area contributed by atoms with Crippen LogP contribution in [0.5, 0.6) is 0 Å². The summed E-state index contributed by atoms with van der Waals surface area (Å²) in [5, 5.41) is 37.9. The Labute approximate surface area is 195 Å². The van der Waals surface area contributed by atoms with E-state index >= 15 is 0 Å². The van der Waals surface area contributed by atoms with E-state index in [1.807, 2.05) is 20.9 Å². The highest BCUT2D eigenvalue weighted by Gasteiger charge is 2.52. The summed E-state index contributed by atoms with van der Waals surface area (Å²) < 4.78 is 24.2. The van der Waals surface area contributed by atoms with Gasteiger partial charge in [0, 0.05) is 18.1 Å². The van der Waals surface area contributed by atoms with Crippen molar-refractivity contribution in [3.63, 3.8) is 0 Å². The Morgan fingerprint density at radius 3 is 2.30 bits per heavy atom. The summed E-state index contributed by atoms with van der Waals surface area (Å²) in [6.07, 6.45) is -4.54. The van der Waals surface area contributed by atoms with Crippen LogP contribution in [0, 0.1) is 0 Å². The fourth-order valence-electron chi connectivity index (χ4n) is 5.05. The first-order valence-electron chi connectivity index (χ1n) is 11.8. The highest BCUT2D eigenvalue weighted by atomic mass is 16.7. The summed E-state index contributed by atoms with van der Waals surface area (Å²) in [4.78, 5) is 0. The Bertz CT molecular complexity index is 636. The minimum Gasteiger partial charge on any atom is -0.389 e. The second kappa shape index (κ2) is 11.1. The van der Waals surface area contributed by atoms with E-state index in [9.17, 15) is 15.3 Å². The maximum absolute atomic E-state index is 11.1. The Morgan fingerprint density at radius 2 is 1.67 bits per heavy atom. The van der Waals surface area contributed by atoms with Crippen molar-refractivity contribution in [2.24, 2.45) is 17.2 Å². The zero-order valence-electron chi connectivity index (χ0n) is 20.0. The lowest BCUT2D eigenvalue weighted by Crippen LogP contribution is -2.69. The molecular weight excluding hydrogens is 434 g/mol. The van der Waals surface area contributed by atoms with Gasteiger partial charge < -0.3 is 62.1 Å². The fourth-order valence-corrected chi connectivity index (χ4v) is 5.05. The summed E-state index contributed by atoms with van der Waals surface area (Å²) >= 11 is 0. The Kier molecular flexibility index (Phi) is 9.09. The van der Waals surface area contributed by atoms with Crippen LogP contribution in [0.25, 0.3) is 0 Å². The van der Waals surface area contributed by atoms with Gasteiger partial charge in [0.1, 0.15) is 23.9 Å². The highest BCUT2D eigenvalue weighted by Crippen LogP contribution is 2.34. The highest BCUT2D eigenvalue weighted by molar-refractivity contribution is 5.02. The third-order valence-electron chi connectivity index (χ3n) is 7.35. The molecule has 0 unspecified atom stereocenters. The number of hydrogen-bond acceptors (Lipinski definition) is 12. The van der Waals surface area contributed by atoms with Gasteiger partial charge in [-0.1, -0.05) is 0 Å². The third kappa shape index (κ3) is 5.68. The molecule has 3 rings (SSSR count). The van der Waals surface area contributed by atoms with Crippen molar-refractivity contribution < 1.29 is 34.3 Å². The average molecular weight is 478 g/mol. The van der Waals surface area contributed by atoms with E-state index in [4.69, 9.17) is 36.1 Å². The summed E-state index contributed by atoms with van der Waals surface area (Å²) in [7, 11) is 3.58. The molecule has 194 valence electrons. The van der Waals surface area contributed by atoms with Gasteiger partial charge in [0.25, 0.3) is 0 Å². The molecule has 12 nitrogen and oxygen atoms in total. The van der Waals surface area contributed by atoms with Crippen molar-refractivity contribution in [3.8, 4) is 0 Å². The summed E-state index contributed by atoms with van der Waals surface area (Å²) in [6, 6.07) is -2.04. The molecule has 2 saturated heterocycles. The maximum Gasteiger partial charge on any atom is 0.185 e. The number of nitrogens with two attached hydrogens (primary N) is 3. The number of rotatable bonds is 7. The lowest BCUT2D eigenvalue weighted by Gasteiger charge is -2.50. The predicted octanol–water partition coefficient (Wildman–Crippen LogP) is -3.33. The van der Waals surface area contributed by atoms with E-state index in [0.29, 0.717) is 0 Å². The molecule has 2 heterocycles. The number of aliphatic hydroxyl groups excluding tert-OH is 3. The zero-order chi connectivity index (χ0) is 24.5. The molecule has 0 aromatic heterocycles. The van der Waals surface area contributed by atoms with E-state index in [-0.39, 0.29) is 31.2 Å². The standard InChI is InChI=1S/C21H43N5O7/c1-9(25-3)13-6-5-10(22)19(31-13)33-21(2)8-30-20(16(29)18(21)26-4)32-17-12(24)7-11(23)14(27)15(17)28/h9-20,25-29H,5-8,22-24H2,1-4H3/t9-,10-,11+,12-,13+,14-,15+,16-,17+,18-,19-,20-,21+/m1/s1. The van der Waals surface area contributed by atoms with Crippen LogP contribution >= 0.6 is 0 Å². The molecule has 33 heavy (non-hydrogen) atoms. The van der Waals surface area contributed by atoms with Gasteiger partial charge in [-0.05, 0) is 47.2 Å². The Balaban J connectivity index is 1.68. The van der Waals surface area contributed by atoms with Gasteiger partial charge in [-0.3, -0.25) is 0 Å². The minimum absolute atomic E-state index is 0.0472. The average Bonchev–Trinajstić information content (AvgIpc) is 2.77. The summed E-state index contributed by atoms with van der Waals surface area (Å²) in [5.41, 5.74) is 17.2. The van der Waals surface area contributed by atoms with E-state index in [0.717, 1.165) is 12.8 Å². The van der Waals surface area contributed by atoms with Gasteiger partial charge >= 0.3 is 0 Å². The molecule has 0 bridgehead atoms. The van der Waals surface area contributed by atoms with Crippen molar-refractivity contribution in [2.75, 3.05) is 20.7 Å². The molecular formula is C21H43N5O7. The van der Waals surface area contributed by atoms with Crippen LogP contribution in [0.3, 0.4) is 0 Å². The van der Waals surface area contributed by atoms with Crippen LogP contribution in [0.1, 0.15) is 33.1 Å². The molecule has 1 saturated carbocycles. The second-order valence-electron chi connectivity index (χ2n) is 9.87. The van der Waals surface area contributed by atoms with E-state index < -0.39 is 60.7 Å². The number of aliphatic hydroxyl groups is 3. The molecule has 3 fully saturated rings. The maximum atomic E-state index is 11.1. The van der Waals surface area contributed by atoms with Crippen molar-refractivity contribution >= 4 is 0 Å². The normalized spacial score (nSPS) is 50.2. The SMILES string of the molecule is CN[C@@H]1[C@@H](O)[C@@H](O[C@@H]2[C@@H](O)[C@H](O)[C@@H](N)C[C@H]2N)OC[C@]1(C)O[C@H]1O[C@H]([C@@H](C)NC)CC[C@H]1N. The van der Waals surface area contributed by atoms with Gasteiger partial charge in [0.2, 0.25) is 0 Å². The molecule has 0 aromatic carbocycles. The third-order valence-corrected chi connectivity index (χ3v) is 7.35. The zero-order valence-corrected chi connectivity index (χ0v) is 20.0. The monoisotopic (exact) mass is 477 g/mol. The van der Waals surface area contributed by atoms with Crippen molar-refractivity contribution in [2.45, 2.75) is 112 Å². The van der Waals surface area contributed by atoms with E-state index in [1.54, 1.807) is 7.05 Å². The van der Waals surface area contributed by atoms with Crippen molar-refractivity contribution in [3.05, 3.63) is 0 Å². The second-order valence-corrected chi connectivity index (χ2v) is 9.87. The molecule has 11 N–H and O–H groups in total. The van der Waals surface area contributed by atoms with Crippen LogP contribution < -0.4 is 27.8 Å². The molecule has 0 amide bonds.